The molecule has 0 aliphatic carbocycles. The zero-order valence-corrected chi connectivity index (χ0v) is 19.7. The van der Waals surface area contributed by atoms with Gasteiger partial charge < -0.3 is 20.5 Å². The first-order valence-electron chi connectivity index (χ1n) is 12.0. The van der Waals surface area contributed by atoms with Crippen LogP contribution in [0.3, 0.4) is 0 Å². The van der Waals surface area contributed by atoms with E-state index in [-0.39, 0.29) is 12.2 Å². The van der Waals surface area contributed by atoms with Crippen LogP contribution in [0.5, 0.6) is 0 Å². The molecule has 0 saturated carbocycles. The number of halogens is 1. The second kappa shape index (κ2) is 10.1. The molecule has 2 aromatic rings. The van der Waals surface area contributed by atoms with E-state index in [0.29, 0.717) is 18.0 Å². The smallest absolute Gasteiger partial charge is 0.226 e. The second-order valence-corrected chi connectivity index (χ2v) is 10.0. The summed E-state index contributed by atoms with van der Waals surface area (Å²) >= 11 is 6.10. The van der Waals surface area contributed by atoms with E-state index in [1.165, 1.54) is 5.56 Å². The largest absolute Gasteiger partial charge is 0.392 e. The Bertz CT molecular complexity index is 902. The number of hydrogen-bond donors (Lipinski definition) is 3. The fraction of sp³-hybridized carbons (Fsp3) is 0.652. The third-order valence-electron chi connectivity index (χ3n) is 7.23. The molecule has 1 aromatic carbocycles. The van der Waals surface area contributed by atoms with Crippen molar-refractivity contribution in [1.29, 1.82) is 0 Å². The number of aromatic amines is 1. The number of H-pyrrole nitrogens is 1. The molecule has 3 aliphatic heterocycles. The highest BCUT2D eigenvalue weighted by molar-refractivity contribution is 6.30. The number of benzene rings is 1. The molecule has 1 aromatic heterocycles. The van der Waals surface area contributed by atoms with E-state index < -0.39 is 0 Å². The number of morpholine rings is 1. The molecular formula is C23H34ClN7O2. The molecule has 5 rings (SSSR count). The van der Waals surface area contributed by atoms with Gasteiger partial charge in [-0.1, -0.05) is 23.7 Å². The highest BCUT2D eigenvalue weighted by atomic mass is 35.5. The zero-order valence-electron chi connectivity index (χ0n) is 18.9. The molecule has 0 spiro atoms. The van der Waals surface area contributed by atoms with Crippen LogP contribution in [0.2, 0.25) is 5.02 Å². The van der Waals surface area contributed by atoms with Crippen molar-refractivity contribution in [2.45, 2.75) is 50.0 Å². The van der Waals surface area contributed by atoms with Crippen LogP contribution in [0.15, 0.2) is 24.3 Å². The lowest BCUT2D eigenvalue weighted by Gasteiger charge is -2.47. The second-order valence-electron chi connectivity index (χ2n) is 9.59. The van der Waals surface area contributed by atoms with Crippen LogP contribution in [0.1, 0.15) is 24.8 Å². The molecule has 33 heavy (non-hydrogen) atoms. The topological polar surface area (TPSA) is 107 Å². The number of anilines is 2. The third-order valence-corrected chi connectivity index (χ3v) is 7.48. The normalized spacial score (nSPS) is 27.9. The summed E-state index contributed by atoms with van der Waals surface area (Å²) in [5.41, 5.74) is 7.00. The molecule has 4 heterocycles. The number of nitrogen functional groups attached to an aromatic ring is 1. The van der Waals surface area contributed by atoms with E-state index in [1.807, 2.05) is 12.1 Å². The highest BCUT2D eigenvalue weighted by Gasteiger charge is 2.37. The summed E-state index contributed by atoms with van der Waals surface area (Å²) in [4.78, 5) is 10.3. The molecule has 4 N–H and O–H groups in total. The lowest BCUT2D eigenvalue weighted by molar-refractivity contribution is -0.0901. The van der Waals surface area contributed by atoms with Gasteiger partial charge in [-0.05, 0) is 43.4 Å². The van der Waals surface area contributed by atoms with Crippen molar-refractivity contribution in [2.24, 2.45) is 0 Å². The van der Waals surface area contributed by atoms with Crippen molar-refractivity contribution in [3.63, 3.8) is 0 Å². The maximum Gasteiger partial charge on any atom is 0.226 e. The Hall–Kier alpha value is -1.91. The lowest BCUT2D eigenvalue weighted by Crippen LogP contribution is -2.58. The Kier molecular flexibility index (Phi) is 7.03. The fourth-order valence-corrected chi connectivity index (χ4v) is 5.62. The van der Waals surface area contributed by atoms with E-state index in [4.69, 9.17) is 22.1 Å². The zero-order chi connectivity index (χ0) is 22.8. The van der Waals surface area contributed by atoms with Gasteiger partial charge in [0.2, 0.25) is 11.9 Å². The van der Waals surface area contributed by atoms with Crippen LogP contribution in [0.25, 0.3) is 0 Å². The number of piperidine rings is 1. The highest BCUT2D eigenvalue weighted by Crippen LogP contribution is 2.27. The first kappa shape index (κ1) is 22.9. The van der Waals surface area contributed by atoms with Gasteiger partial charge in [0.15, 0.2) is 0 Å². The molecule has 3 saturated heterocycles. The van der Waals surface area contributed by atoms with Crippen LogP contribution in [-0.4, -0.2) is 100 Å². The molecule has 180 valence electrons. The molecule has 3 fully saturated rings. The van der Waals surface area contributed by atoms with Gasteiger partial charge in [0, 0.05) is 56.4 Å². The average molecular weight is 476 g/mol. The molecule has 0 radical (unpaired) electrons. The number of nitrogens with zero attached hydrogens (tertiary/aromatic N) is 5. The maximum absolute atomic E-state index is 9.90. The number of rotatable bonds is 6. The van der Waals surface area contributed by atoms with Gasteiger partial charge in [-0.15, -0.1) is 10.2 Å². The number of ether oxygens (including phenoxy) is 1. The van der Waals surface area contributed by atoms with E-state index in [9.17, 15) is 5.11 Å². The summed E-state index contributed by atoms with van der Waals surface area (Å²) in [6, 6.07) is 9.00. The molecule has 3 atom stereocenters. The lowest BCUT2D eigenvalue weighted by atomic mass is 9.96. The van der Waals surface area contributed by atoms with Crippen molar-refractivity contribution < 1.29 is 9.84 Å². The minimum absolute atomic E-state index is 0.170. The van der Waals surface area contributed by atoms with Crippen molar-refractivity contribution in [2.75, 3.05) is 56.5 Å². The summed E-state index contributed by atoms with van der Waals surface area (Å²) in [7, 11) is 0. The van der Waals surface area contributed by atoms with Crippen LogP contribution < -0.4 is 10.6 Å². The first-order chi connectivity index (χ1) is 16.0. The van der Waals surface area contributed by atoms with Gasteiger partial charge in [0.25, 0.3) is 0 Å². The predicted octanol–water partition coefficient (Wildman–Crippen LogP) is 1.39. The van der Waals surface area contributed by atoms with Crippen LogP contribution in [0.4, 0.5) is 11.9 Å². The van der Waals surface area contributed by atoms with Crippen molar-refractivity contribution in [3.8, 4) is 0 Å². The third kappa shape index (κ3) is 5.60. The fourth-order valence-electron chi connectivity index (χ4n) is 5.49. The molecule has 9 nitrogen and oxygen atoms in total. The molecule has 3 unspecified atom stereocenters. The minimum atomic E-state index is -0.197. The Balaban J connectivity index is 1.25. The van der Waals surface area contributed by atoms with Gasteiger partial charge in [0.05, 0.1) is 18.8 Å². The minimum Gasteiger partial charge on any atom is -0.392 e. The quantitative estimate of drug-likeness (QED) is 0.575. The SMILES string of the molecule is Nc1nnc(N2CCC(N3CC(CN4CCC(O)C4)OCC3Cc3ccc(Cl)cc3)CC2)[nH]1. The van der Waals surface area contributed by atoms with Gasteiger partial charge in [-0.2, -0.15) is 0 Å². The molecule has 3 aliphatic rings. The number of aliphatic hydroxyl groups is 1. The van der Waals surface area contributed by atoms with Gasteiger partial charge in [-0.3, -0.25) is 14.8 Å². The average Bonchev–Trinajstić information content (AvgIpc) is 3.44. The maximum atomic E-state index is 9.90. The van der Waals surface area contributed by atoms with Gasteiger partial charge >= 0.3 is 0 Å². The predicted molar refractivity (Wildman–Crippen MR) is 128 cm³/mol. The monoisotopic (exact) mass is 475 g/mol. The standard InChI is InChI=1S/C23H34ClN7O2/c24-17-3-1-16(2-4-17)11-19-15-33-21(13-29-8-7-20(32)12-29)14-31(19)18-5-9-30(10-6-18)23-26-22(25)27-28-23/h1-4,18-21,32H,5-15H2,(H3,25,26,27,28). The number of nitrogens with one attached hydrogen (secondary N) is 1. The number of likely N-dealkylation sites (tertiary alicyclic amines) is 1. The van der Waals surface area contributed by atoms with Crippen LogP contribution in [0, 0.1) is 0 Å². The van der Waals surface area contributed by atoms with E-state index in [2.05, 4.69) is 42.0 Å². The number of β-amino-alcohol motifs (C(OH)–C–C–N with tert-alkyl or cyclic N) is 1. The van der Waals surface area contributed by atoms with Gasteiger partial charge in [0.1, 0.15) is 0 Å². The summed E-state index contributed by atoms with van der Waals surface area (Å²) in [6.07, 6.45) is 3.91. The summed E-state index contributed by atoms with van der Waals surface area (Å²) < 4.78 is 6.36. The number of nitrogens with two attached hydrogens (primary N) is 1. The van der Waals surface area contributed by atoms with Crippen LogP contribution in [-0.2, 0) is 11.2 Å². The molecular weight excluding hydrogens is 442 g/mol. The Morgan fingerprint density at radius 3 is 2.55 bits per heavy atom. The van der Waals surface area contributed by atoms with Crippen LogP contribution >= 0.6 is 11.6 Å². The van der Waals surface area contributed by atoms with E-state index >= 15 is 0 Å². The summed E-state index contributed by atoms with van der Waals surface area (Å²) in [5.74, 6) is 1.12. The van der Waals surface area contributed by atoms with Crippen molar-refractivity contribution in [3.05, 3.63) is 34.9 Å². The summed E-state index contributed by atoms with van der Waals surface area (Å²) in [6.45, 7) is 6.09. The molecule has 10 heteroatoms. The summed E-state index contributed by atoms with van der Waals surface area (Å²) in [5, 5.41) is 18.7. The number of aromatic nitrogens is 3. The van der Waals surface area contributed by atoms with E-state index in [1.54, 1.807) is 0 Å². The number of hydrogen-bond acceptors (Lipinski definition) is 8. The Morgan fingerprint density at radius 2 is 1.88 bits per heavy atom. The molecule has 0 bridgehead atoms. The Morgan fingerprint density at radius 1 is 1.09 bits per heavy atom. The van der Waals surface area contributed by atoms with Crippen molar-refractivity contribution in [1.82, 2.24) is 25.0 Å². The van der Waals surface area contributed by atoms with Gasteiger partial charge in [-0.25, -0.2) is 0 Å². The Labute approximate surface area is 199 Å². The van der Waals surface area contributed by atoms with E-state index in [0.717, 1.165) is 82.5 Å². The molecule has 0 amide bonds. The van der Waals surface area contributed by atoms with Crippen molar-refractivity contribution >= 4 is 23.5 Å². The number of aliphatic hydroxyl groups excluding tert-OH is 1. The first-order valence-corrected chi connectivity index (χ1v) is 12.4.